The zero-order chi connectivity index (χ0) is 14.2. The standard InChI is InChI=1S/C14H17N3O2S/c1-14(7-19-8-14)6-16-12(18)5-9-2-3-10-11(4-9)20-13(15)17-10/h2-4H,5-8H2,1H3,(H2,15,17)(H,16,18). The molecule has 0 radical (unpaired) electrons. The van der Waals surface area contributed by atoms with Gasteiger partial charge >= 0.3 is 0 Å². The van der Waals surface area contributed by atoms with Gasteiger partial charge in [-0.1, -0.05) is 24.3 Å². The first-order valence-electron chi connectivity index (χ1n) is 6.53. The molecule has 1 fully saturated rings. The first-order chi connectivity index (χ1) is 9.54. The molecule has 1 aliphatic heterocycles. The molecule has 0 unspecified atom stereocenters. The third-order valence-corrected chi connectivity index (χ3v) is 4.29. The Balaban J connectivity index is 1.61. The van der Waals surface area contributed by atoms with Gasteiger partial charge in [0.1, 0.15) is 0 Å². The molecule has 106 valence electrons. The first-order valence-corrected chi connectivity index (χ1v) is 7.35. The van der Waals surface area contributed by atoms with E-state index in [4.69, 9.17) is 10.5 Å². The van der Waals surface area contributed by atoms with E-state index >= 15 is 0 Å². The van der Waals surface area contributed by atoms with Crippen molar-refractivity contribution >= 4 is 32.6 Å². The summed E-state index contributed by atoms with van der Waals surface area (Å²) in [5.74, 6) is 0.0370. The molecule has 1 saturated heterocycles. The zero-order valence-corrected chi connectivity index (χ0v) is 12.1. The number of nitrogens with zero attached hydrogens (tertiary/aromatic N) is 1. The van der Waals surface area contributed by atoms with Crippen LogP contribution in [0.1, 0.15) is 12.5 Å². The van der Waals surface area contributed by atoms with Crippen LogP contribution in [0, 0.1) is 5.41 Å². The van der Waals surface area contributed by atoms with Crippen LogP contribution in [-0.4, -0.2) is 30.6 Å². The monoisotopic (exact) mass is 291 g/mol. The second kappa shape index (κ2) is 5.03. The van der Waals surface area contributed by atoms with Crippen LogP contribution < -0.4 is 11.1 Å². The topological polar surface area (TPSA) is 77.2 Å². The first kappa shape index (κ1) is 13.3. The summed E-state index contributed by atoms with van der Waals surface area (Å²) in [6.07, 6.45) is 0.380. The Kier molecular flexibility index (Phi) is 3.35. The number of ether oxygens (including phenoxy) is 1. The van der Waals surface area contributed by atoms with Crippen molar-refractivity contribution < 1.29 is 9.53 Å². The van der Waals surface area contributed by atoms with Crippen molar-refractivity contribution in [3.8, 4) is 0 Å². The molecule has 6 heteroatoms. The van der Waals surface area contributed by atoms with Crippen molar-refractivity contribution in [1.29, 1.82) is 0 Å². The molecule has 1 aliphatic rings. The van der Waals surface area contributed by atoms with Crippen molar-refractivity contribution in [2.45, 2.75) is 13.3 Å². The smallest absolute Gasteiger partial charge is 0.224 e. The van der Waals surface area contributed by atoms with Crippen molar-refractivity contribution in [2.75, 3.05) is 25.5 Å². The molecular weight excluding hydrogens is 274 g/mol. The van der Waals surface area contributed by atoms with Crippen LogP contribution in [0.15, 0.2) is 18.2 Å². The van der Waals surface area contributed by atoms with Crippen LogP contribution in [-0.2, 0) is 16.0 Å². The lowest BCUT2D eigenvalue weighted by atomic mass is 9.89. The fraction of sp³-hybridized carbons (Fsp3) is 0.429. The number of anilines is 1. The molecule has 0 spiro atoms. The van der Waals surface area contributed by atoms with Gasteiger partial charge in [-0.25, -0.2) is 4.98 Å². The predicted octanol–water partition coefficient (Wildman–Crippen LogP) is 1.57. The third-order valence-electron chi connectivity index (χ3n) is 3.45. The van der Waals surface area contributed by atoms with E-state index in [0.29, 0.717) is 18.1 Å². The highest BCUT2D eigenvalue weighted by Gasteiger charge is 2.33. The lowest BCUT2D eigenvalue weighted by Gasteiger charge is -2.38. The number of nitrogens with two attached hydrogens (primary N) is 1. The van der Waals surface area contributed by atoms with Crippen LogP contribution in [0.2, 0.25) is 0 Å². The van der Waals surface area contributed by atoms with Gasteiger partial charge in [0.05, 0.1) is 29.9 Å². The number of nitrogens with one attached hydrogen (secondary N) is 1. The van der Waals surface area contributed by atoms with E-state index in [1.807, 2.05) is 18.2 Å². The Bertz CT molecular complexity index is 649. The number of carbonyl (C=O) groups excluding carboxylic acids is 1. The molecule has 1 aromatic heterocycles. The van der Waals surface area contributed by atoms with Gasteiger partial charge in [0.2, 0.25) is 5.91 Å². The van der Waals surface area contributed by atoms with Gasteiger partial charge in [-0.2, -0.15) is 0 Å². The van der Waals surface area contributed by atoms with Crippen LogP contribution in [0.25, 0.3) is 10.2 Å². The number of hydrogen-bond donors (Lipinski definition) is 2. The van der Waals surface area contributed by atoms with Crippen LogP contribution >= 0.6 is 11.3 Å². The summed E-state index contributed by atoms with van der Waals surface area (Å²) >= 11 is 1.44. The number of carbonyl (C=O) groups is 1. The second-order valence-corrected chi connectivity index (χ2v) is 6.67. The fourth-order valence-electron chi connectivity index (χ4n) is 2.21. The van der Waals surface area contributed by atoms with Gasteiger partial charge in [0.25, 0.3) is 0 Å². The second-order valence-electron chi connectivity index (χ2n) is 5.61. The molecule has 20 heavy (non-hydrogen) atoms. The minimum atomic E-state index is 0.0370. The molecule has 3 rings (SSSR count). The normalized spacial score (nSPS) is 16.9. The maximum absolute atomic E-state index is 12.0. The van der Waals surface area contributed by atoms with Crippen molar-refractivity contribution in [3.63, 3.8) is 0 Å². The minimum absolute atomic E-state index is 0.0370. The molecule has 1 aromatic carbocycles. The number of amides is 1. The molecule has 1 amide bonds. The Labute approximate surface area is 121 Å². The van der Waals surface area contributed by atoms with E-state index < -0.39 is 0 Å². The fourth-order valence-corrected chi connectivity index (χ4v) is 3.01. The van der Waals surface area contributed by atoms with Gasteiger partial charge in [-0.15, -0.1) is 0 Å². The summed E-state index contributed by atoms with van der Waals surface area (Å²) in [6.45, 7) is 4.23. The summed E-state index contributed by atoms with van der Waals surface area (Å²) in [6, 6.07) is 5.82. The van der Waals surface area contributed by atoms with Crippen molar-refractivity contribution in [2.24, 2.45) is 5.41 Å². The van der Waals surface area contributed by atoms with Gasteiger partial charge in [0.15, 0.2) is 5.13 Å². The number of fused-ring (bicyclic) bond motifs is 1. The van der Waals surface area contributed by atoms with Gasteiger partial charge in [-0.05, 0) is 17.7 Å². The Hall–Kier alpha value is -1.66. The molecule has 5 nitrogen and oxygen atoms in total. The summed E-state index contributed by atoms with van der Waals surface area (Å²) in [5.41, 5.74) is 7.64. The summed E-state index contributed by atoms with van der Waals surface area (Å²) in [5, 5.41) is 3.53. The van der Waals surface area contributed by atoms with Crippen molar-refractivity contribution in [3.05, 3.63) is 23.8 Å². The molecule has 0 atom stereocenters. The molecule has 2 heterocycles. The Morgan fingerprint density at radius 2 is 2.35 bits per heavy atom. The molecule has 3 N–H and O–H groups in total. The molecule has 0 aliphatic carbocycles. The van der Waals surface area contributed by atoms with E-state index in [-0.39, 0.29) is 11.3 Å². The highest BCUT2D eigenvalue weighted by molar-refractivity contribution is 7.22. The maximum Gasteiger partial charge on any atom is 0.224 e. The van der Waals surface area contributed by atoms with Crippen LogP contribution in [0.5, 0.6) is 0 Å². The number of nitrogen functional groups attached to an aromatic ring is 1. The largest absolute Gasteiger partial charge is 0.380 e. The summed E-state index contributed by atoms with van der Waals surface area (Å²) in [4.78, 5) is 16.2. The van der Waals surface area contributed by atoms with Gasteiger partial charge in [0, 0.05) is 12.0 Å². The maximum atomic E-state index is 12.0. The molecule has 2 aromatic rings. The number of rotatable bonds is 4. The number of thiazole rings is 1. The minimum Gasteiger partial charge on any atom is -0.380 e. The number of hydrogen-bond acceptors (Lipinski definition) is 5. The van der Waals surface area contributed by atoms with E-state index in [1.165, 1.54) is 11.3 Å². The molecule has 0 saturated carbocycles. The quantitative estimate of drug-likeness (QED) is 0.896. The van der Waals surface area contributed by atoms with Crippen LogP contribution in [0.4, 0.5) is 5.13 Å². The highest BCUT2D eigenvalue weighted by Crippen LogP contribution is 2.26. The highest BCUT2D eigenvalue weighted by atomic mass is 32.1. The van der Waals surface area contributed by atoms with Gasteiger partial charge in [-0.3, -0.25) is 4.79 Å². The van der Waals surface area contributed by atoms with E-state index in [2.05, 4.69) is 17.2 Å². The lowest BCUT2D eigenvalue weighted by molar-refractivity contribution is -0.126. The number of aromatic nitrogens is 1. The van der Waals surface area contributed by atoms with E-state index in [1.54, 1.807) is 0 Å². The van der Waals surface area contributed by atoms with E-state index in [0.717, 1.165) is 29.0 Å². The van der Waals surface area contributed by atoms with E-state index in [9.17, 15) is 4.79 Å². The summed E-state index contributed by atoms with van der Waals surface area (Å²) in [7, 11) is 0. The van der Waals surface area contributed by atoms with Gasteiger partial charge < -0.3 is 15.8 Å². The lowest BCUT2D eigenvalue weighted by Crippen LogP contribution is -2.48. The van der Waals surface area contributed by atoms with Crippen molar-refractivity contribution in [1.82, 2.24) is 10.3 Å². The average molecular weight is 291 g/mol. The number of benzene rings is 1. The predicted molar refractivity (Wildman–Crippen MR) is 79.7 cm³/mol. The SMILES string of the molecule is CC1(CNC(=O)Cc2ccc3nc(N)sc3c2)COC1. The zero-order valence-electron chi connectivity index (χ0n) is 11.3. The third kappa shape index (κ3) is 2.76. The molecule has 0 bridgehead atoms. The average Bonchev–Trinajstić information content (AvgIpc) is 2.73. The molecular formula is C14H17N3O2S. The Morgan fingerprint density at radius 1 is 1.55 bits per heavy atom. The Morgan fingerprint density at radius 3 is 3.05 bits per heavy atom. The van der Waals surface area contributed by atoms with Crippen LogP contribution in [0.3, 0.4) is 0 Å². The summed E-state index contributed by atoms with van der Waals surface area (Å²) < 4.78 is 6.19.